The van der Waals surface area contributed by atoms with Crippen molar-refractivity contribution < 1.29 is 4.39 Å². The molecule has 1 N–H and O–H groups in total. The minimum absolute atomic E-state index is 0.170. The zero-order valence-electron chi connectivity index (χ0n) is 12.6. The molecule has 0 amide bonds. The molecule has 1 rings (SSSR count). The van der Waals surface area contributed by atoms with Crippen LogP contribution >= 0.6 is 0 Å². The molecule has 3 heteroatoms. The van der Waals surface area contributed by atoms with Crippen molar-refractivity contribution in [3.8, 4) is 0 Å². The summed E-state index contributed by atoms with van der Waals surface area (Å²) in [6.45, 7) is 9.60. The van der Waals surface area contributed by atoms with Crippen LogP contribution in [0, 0.1) is 11.7 Å². The molecule has 0 aliphatic carbocycles. The first-order valence-electron chi connectivity index (χ1n) is 7.20. The highest BCUT2D eigenvalue weighted by atomic mass is 19.1. The molecule has 0 aromatic heterocycles. The Morgan fingerprint density at radius 1 is 1.21 bits per heavy atom. The van der Waals surface area contributed by atoms with Crippen molar-refractivity contribution in [2.24, 2.45) is 5.92 Å². The number of benzene rings is 1. The Hall–Kier alpha value is -0.930. The summed E-state index contributed by atoms with van der Waals surface area (Å²) in [7, 11) is 2.14. The summed E-state index contributed by atoms with van der Waals surface area (Å²) < 4.78 is 12.9. The smallest absolute Gasteiger partial charge is 0.123 e. The van der Waals surface area contributed by atoms with Gasteiger partial charge in [-0.3, -0.25) is 4.90 Å². The first-order valence-corrected chi connectivity index (χ1v) is 7.20. The predicted octanol–water partition coefficient (Wildman–Crippen LogP) is 3.28. The van der Waals surface area contributed by atoms with Crippen LogP contribution in [0.3, 0.4) is 0 Å². The van der Waals surface area contributed by atoms with Gasteiger partial charge in [0.2, 0.25) is 0 Å². The van der Waals surface area contributed by atoms with Gasteiger partial charge in [0.1, 0.15) is 5.82 Å². The molecule has 0 aliphatic heterocycles. The molecule has 0 spiro atoms. The van der Waals surface area contributed by atoms with E-state index in [0.29, 0.717) is 12.0 Å². The summed E-state index contributed by atoms with van der Waals surface area (Å²) in [6.07, 6.45) is 1.16. The van der Waals surface area contributed by atoms with Crippen molar-refractivity contribution in [2.75, 3.05) is 20.1 Å². The number of rotatable bonds is 8. The first kappa shape index (κ1) is 16.1. The van der Waals surface area contributed by atoms with Crippen molar-refractivity contribution in [3.05, 3.63) is 35.6 Å². The maximum Gasteiger partial charge on any atom is 0.123 e. The second-order valence-electron chi connectivity index (χ2n) is 5.56. The van der Waals surface area contributed by atoms with Gasteiger partial charge in [0, 0.05) is 19.1 Å². The molecule has 108 valence electrons. The van der Waals surface area contributed by atoms with Crippen molar-refractivity contribution in [3.63, 3.8) is 0 Å². The molecule has 1 aromatic carbocycles. The number of hydrogen-bond acceptors (Lipinski definition) is 2. The summed E-state index contributed by atoms with van der Waals surface area (Å²) in [5, 5.41) is 3.49. The second kappa shape index (κ2) is 8.28. The zero-order valence-corrected chi connectivity index (χ0v) is 12.6. The average Bonchev–Trinajstić information content (AvgIpc) is 2.37. The summed E-state index contributed by atoms with van der Waals surface area (Å²) >= 11 is 0. The Morgan fingerprint density at radius 2 is 1.84 bits per heavy atom. The fourth-order valence-electron chi connectivity index (χ4n) is 2.32. The van der Waals surface area contributed by atoms with Gasteiger partial charge in [-0.1, -0.05) is 32.9 Å². The van der Waals surface area contributed by atoms with Crippen LogP contribution in [-0.4, -0.2) is 31.1 Å². The van der Waals surface area contributed by atoms with Gasteiger partial charge >= 0.3 is 0 Å². The standard InChI is InChI=1S/C16H27FN2/c1-5-10-18-11-16(13(2)3)19(4)12-14-6-8-15(17)9-7-14/h6-9,13,16,18H,5,10-12H2,1-4H3. The van der Waals surface area contributed by atoms with Gasteiger partial charge < -0.3 is 5.32 Å². The third-order valence-electron chi connectivity index (χ3n) is 3.46. The molecule has 0 saturated heterocycles. The molecular weight excluding hydrogens is 239 g/mol. The Labute approximate surface area is 117 Å². The zero-order chi connectivity index (χ0) is 14.3. The highest BCUT2D eigenvalue weighted by Gasteiger charge is 2.18. The van der Waals surface area contributed by atoms with E-state index in [2.05, 4.69) is 38.0 Å². The SMILES string of the molecule is CCCNCC(C(C)C)N(C)Cc1ccc(F)cc1. The van der Waals surface area contributed by atoms with Gasteiger partial charge in [0.05, 0.1) is 0 Å². The number of hydrogen-bond donors (Lipinski definition) is 1. The summed E-state index contributed by atoms with van der Waals surface area (Å²) in [5.74, 6) is 0.422. The normalized spacial score (nSPS) is 13.2. The van der Waals surface area contributed by atoms with Crippen molar-refractivity contribution in [1.82, 2.24) is 10.2 Å². The first-order chi connectivity index (χ1) is 9.04. The Balaban J connectivity index is 2.55. The molecule has 1 unspecified atom stereocenters. The molecule has 0 radical (unpaired) electrons. The largest absolute Gasteiger partial charge is 0.315 e. The van der Waals surface area contributed by atoms with E-state index in [-0.39, 0.29) is 5.82 Å². The highest BCUT2D eigenvalue weighted by molar-refractivity contribution is 5.15. The lowest BCUT2D eigenvalue weighted by atomic mass is 10.0. The van der Waals surface area contributed by atoms with Crippen LogP contribution in [0.25, 0.3) is 0 Å². The van der Waals surface area contributed by atoms with Crippen LogP contribution in [0.4, 0.5) is 4.39 Å². The molecule has 0 heterocycles. The quantitative estimate of drug-likeness (QED) is 0.726. The van der Waals surface area contributed by atoms with Crippen LogP contribution in [0.15, 0.2) is 24.3 Å². The Morgan fingerprint density at radius 3 is 2.37 bits per heavy atom. The van der Waals surface area contributed by atoms with Gasteiger partial charge in [-0.2, -0.15) is 0 Å². The molecule has 1 atom stereocenters. The number of nitrogens with zero attached hydrogens (tertiary/aromatic N) is 1. The molecule has 2 nitrogen and oxygen atoms in total. The van der Waals surface area contributed by atoms with Gasteiger partial charge in [-0.25, -0.2) is 4.39 Å². The molecule has 19 heavy (non-hydrogen) atoms. The fourth-order valence-corrected chi connectivity index (χ4v) is 2.32. The second-order valence-corrected chi connectivity index (χ2v) is 5.56. The summed E-state index contributed by atoms with van der Waals surface area (Å²) in [6, 6.07) is 7.29. The van der Waals surface area contributed by atoms with Crippen molar-refractivity contribution in [2.45, 2.75) is 39.8 Å². The molecule has 0 bridgehead atoms. The Bertz CT molecular complexity index is 348. The van der Waals surface area contributed by atoms with E-state index in [1.54, 1.807) is 0 Å². The average molecular weight is 266 g/mol. The third-order valence-corrected chi connectivity index (χ3v) is 3.46. The van der Waals surface area contributed by atoms with Crippen LogP contribution in [-0.2, 0) is 6.54 Å². The summed E-state index contributed by atoms with van der Waals surface area (Å²) in [4.78, 5) is 2.35. The van der Waals surface area contributed by atoms with Crippen LogP contribution < -0.4 is 5.32 Å². The van der Waals surface area contributed by atoms with Crippen LogP contribution in [0.5, 0.6) is 0 Å². The van der Waals surface area contributed by atoms with E-state index in [4.69, 9.17) is 0 Å². The van der Waals surface area contributed by atoms with E-state index >= 15 is 0 Å². The maximum absolute atomic E-state index is 12.9. The lowest BCUT2D eigenvalue weighted by molar-refractivity contribution is 0.180. The topological polar surface area (TPSA) is 15.3 Å². The van der Waals surface area contributed by atoms with Gasteiger partial charge in [0.15, 0.2) is 0 Å². The highest BCUT2D eigenvalue weighted by Crippen LogP contribution is 2.13. The summed E-state index contributed by atoms with van der Waals surface area (Å²) in [5.41, 5.74) is 1.16. The number of nitrogens with one attached hydrogen (secondary N) is 1. The minimum Gasteiger partial charge on any atom is -0.315 e. The fraction of sp³-hybridized carbons (Fsp3) is 0.625. The van der Waals surface area contributed by atoms with Crippen LogP contribution in [0.1, 0.15) is 32.8 Å². The van der Waals surface area contributed by atoms with Crippen molar-refractivity contribution >= 4 is 0 Å². The van der Waals surface area contributed by atoms with E-state index < -0.39 is 0 Å². The molecule has 0 fully saturated rings. The maximum atomic E-state index is 12.9. The van der Waals surface area contributed by atoms with Crippen LogP contribution in [0.2, 0.25) is 0 Å². The monoisotopic (exact) mass is 266 g/mol. The van der Waals surface area contributed by atoms with E-state index in [1.165, 1.54) is 12.1 Å². The van der Waals surface area contributed by atoms with Gasteiger partial charge in [0.25, 0.3) is 0 Å². The molecule has 0 aliphatic rings. The van der Waals surface area contributed by atoms with E-state index in [9.17, 15) is 4.39 Å². The molecule has 1 aromatic rings. The predicted molar refractivity (Wildman–Crippen MR) is 79.7 cm³/mol. The number of halogens is 1. The molecule has 0 saturated carbocycles. The lowest BCUT2D eigenvalue weighted by Gasteiger charge is -2.31. The number of likely N-dealkylation sites (N-methyl/N-ethyl adjacent to an activating group) is 1. The van der Waals surface area contributed by atoms with Gasteiger partial charge in [-0.05, 0) is 43.6 Å². The van der Waals surface area contributed by atoms with E-state index in [1.807, 2.05) is 12.1 Å². The van der Waals surface area contributed by atoms with E-state index in [0.717, 1.165) is 31.6 Å². The minimum atomic E-state index is -0.170. The lowest BCUT2D eigenvalue weighted by Crippen LogP contribution is -2.43. The Kier molecular flexibility index (Phi) is 7.03. The third kappa shape index (κ3) is 5.70. The molecular formula is C16H27FN2. The van der Waals surface area contributed by atoms with Gasteiger partial charge in [-0.15, -0.1) is 0 Å². The van der Waals surface area contributed by atoms with Crippen molar-refractivity contribution in [1.29, 1.82) is 0 Å².